The number of benzene rings is 1. The van der Waals surface area contributed by atoms with Crippen molar-refractivity contribution in [1.29, 1.82) is 0 Å². The van der Waals surface area contributed by atoms with Gasteiger partial charge < -0.3 is 10.4 Å². The molecule has 0 heterocycles. The average molecular weight is 186 g/mol. The molecule has 0 saturated carbocycles. The molecule has 1 aromatic rings. The van der Waals surface area contributed by atoms with Crippen molar-refractivity contribution < 1.29 is 5.11 Å². The molecule has 3 heteroatoms. The molecule has 2 N–H and O–H groups in total. The Morgan fingerprint density at radius 3 is 2.75 bits per heavy atom. The largest absolute Gasteiger partial charge is 0.387 e. The van der Waals surface area contributed by atoms with Gasteiger partial charge in [0.15, 0.2) is 0 Å². The number of likely N-dealkylation sites (N-methyl/N-ethyl adjacent to an activating group) is 1. The van der Waals surface area contributed by atoms with Crippen LogP contribution in [0.4, 0.5) is 0 Å². The van der Waals surface area contributed by atoms with Crippen LogP contribution in [-0.4, -0.2) is 18.7 Å². The molecular weight excluding hydrogens is 174 g/mol. The summed E-state index contributed by atoms with van der Waals surface area (Å²) >= 11 is 5.87. The Hall–Kier alpha value is -0.570. The van der Waals surface area contributed by atoms with Crippen molar-refractivity contribution in [1.82, 2.24) is 5.32 Å². The summed E-state index contributed by atoms with van der Waals surface area (Å²) in [5, 5.41) is 13.1. The van der Waals surface area contributed by atoms with Crippen LogP contribution in [0.25, 0.3) is 0 Å². The highest BCUT2D eigenvalue weighted by Crippen LogP contribution is 2.21. The SMILES string of the molecule is CNC[C@@H](O)c1ccccc1Cl. The average Bonchev–Trinajstić information content (AvgIpc) is 2.05. The van der Waals surface area contributed by atoms with Crippen LogP contribution in [0, 0.1) is 0 Å². The fourth-order valence-corrected chi connectivity index (χ4v) is 1.31. The van der Waals surface area contributed by atoms with Crippen LogP contribution in [0.2, 0.25) is 5.02 Å². The summed E-state index contributed by atoms with van der Waals surface area (Å²) in [5.41, 5.74) is 0.772. The molecule has 1 rings (SSSR count). The zero-order chi connectivity index (χ0) is 8.97. The van der Waals surface area contributed by atoms with Crippen molar-refractivity contribution in [2.75, 3.05) is 13.6 Å². The highest BCUT2D eigenvalue weighted by Gasteiger charge is 2.08. The molecule has 0 radical (unpaired) electrons. The lowest BCUT2D eigenvalue weighted by Crippen LogP contribution is -2.16. The third kappa shape index (κ3) is 2.21. The molecule has 0 unspecified atom stereocenters. The summed E-state index contributed by atoms with van der Waals surface area (Å²) in [7, 11) is 1.79. The fraction of sp³-hybridized carbons (Fsp3) is 0.333. The van der Waals surface area contributed by atoms with Gasteiger partial charge in [0.05, 0.1) is 6.10 Å². The standard InChI is InChI=1S/C9H12ClNO/c1-11-6-9(12)7-4-2-3-5-8(7)10/h2-5,9,11-12H,6H2,1H3/t9-/m1/s1. The topological polar surface area (TPSA) is 32.3 Å². The number of aliphatic hydroxyl groups is 1. The number of nitrogens with one attached hydrogen (secondary N) is 1. The van der Waals surface area contributed by atoms with E-state index in [4.69, 9.17) is 11.6 Å². The molecular formula is C9H12ClNO. The number of hydrogen-bond donors (Lipinski definition) is 2. The molecule has 0 aromatic heterocycles. The minimum atomic E-state index is -0.524. The van der Waals surface area contributed by atoms with Gasteiger partial charge in [-0.2, -0.15) is 0 Å². The summed E-state index contributed by atoms with van der Waals surface area (Å²) in [6, 6.07) is 7.30. The van der Waals surface area contributed by atoms with Gasteiger partial charge in [-0.05, 0) is 13.1 Å². The highest BCUT2D eigenvalue weighted by molar-refractivity contribution is 6.31. The van der Waals surface area contributed by atoms with E-state index in [-0.39, 0.29) is 0 Å². The van der Waals surface area contributed by atoms with Crippen molar-refractivity contribution >= 4 is 11.6 Å². The molecule has 0 bridgehead atoms. The molecule has 0 aliphatic rings. The summed E-state index contributed by atoms with van der Waals surface area (Å²) in [6.07, 6.45) is -0.524. The Kier molecular flexibility index (Phi) is 3.53. The Bertz CT molecular complexity index is 252. The Morgan fingerprint density at radius 1 is 1.50 bits per heavy atom. The van der Waals surface area contributed by atoms with Crippen LogP contribution < -0.4 is 5.32 Å². The Labute approximate surface area is 77.2 Å². The van der Waals surface area contributed by atoms with Gasteiger partial charge in [0.2, 0.25) is 0 Å². The predicted molar refractivity (Wildman–Crippen MR) is 50.3 cm³/mol. The predicted octanol–water partition coefficient (Wildman–Crippen LogP) is 1.59. The Balaban J connectivity index is 2.79. The molecule has 0 saturated heterocycles. The first-order valence-electron chi connectivity index (χ1n) is 3.83. The van der Waals surface area contributed by atoms with Gasteiger partial charge in [0.1, 0.15) is 0 Å². The van der Waals surface area contributed by atoms with Gasteiger partial charge in [-0.1, -0.05) is 29.8 Å². The summed E-state index contributed by atoms with van der Waals surface area (Å²) in [4.78, 5) is 0. The fourth-order valence-electron chi connectivity index (χ4n) is 1.05. The van der Waals surface area contributed by atoms with E-state index in [2.05, 4.69) is 5.32 Å². The first kappa shape index (κ1) is 9.52. The number of aliphatic hydroxyl groups excluding tert-OH is 1. The van der Waals surface area contributed by atoms with E-state index in [0.717, 1.165) is 5.56 Å². The zero-order valence-electron chi connectivity index (χ0n) is 6.92. The van der Waals surface area contributed by atoms with Crippen LogP contribution >= 0.6 is 11.6 Å². The molecule has 0 spiro atoms. The third-order valence-electron chi connectivity index (χ3n) is 1.66. The van der Waals surface area contributed by atoms with Crippen LogP contribution in [0.15, 0.2) is 24.3 Å². The number of halogens is 1. The molecule has 0 aliphatic carbocycles. The molecule has 0 aliphatic heterocycles. The quantitative estimate of drug-likeness (QED) is 0.750. The number of hydrogen-bond acceptors (Lipinski definition) is 2. The van der Waals surface area contributed by atoms with E-state index < -0.39 is 6.10 Å². The normalized spacial score (nSPS) is 12.9. The van der Waals surface area contributed by atoms with Gasteiger partial charge in [-0.15, -0.1) is 0 Å². The lowest BCUT2D eigenvalue weighted by atomic mass is 10.1. The number of rotatable bonds is 3. The van der Waals surface area contributed by atoms with Crippen LogP contribution in [0.1, 0.15) is 11.7 Å². The first-order valence-corrected chi connectivity index (χ1v) is 4.20. The molecule has 0 amide bonds. The van der Waals surface area contributed by atoms with Crippen molar-refractivity contribution in [3.63, 3.8) is 0 Å². The molecule has 1 aromatic carbocycles. The maximum atomic E-state index is 9.55. The molecule has 12 heavy (non-hydrogen) atoms. The second kappa shape index (κ2) is 4.45. The molecule has 66 valence electrons. The highest BCUT2D eigenvalue weighted by atomic mass is 35.5. The van der Waals surface area contributed by atoms with Gasteiger partial charge >= 0.3 is 0 Å². The Morgan fingerprint density at radius 2 is 2.17 bits per heavy atom. The van der Waals surface area contributed by atoms with E-state index in [9.17, 15) is 5.11 Å². The maximum Gasteiger partial charge on any atom is 0.0928 e. The smallest absolute Gasteiger partial charge is 0.0928 e. The summed E-state index contributed by atoms with van der Waals surface area (Å²) < 4.78 is 0. The molecule has 1 atom stereocenters. The lowest BCUT2D eigenvalue weighted by molar-refractivity contribution is 0.178. The minimum absolute atomic E-state index is 0.518. The van der Waals surface area contributed by atoms with E-state index in [1.165, 1.54) is 0 Å². The van der Waals surface area contributed by atoms with Crippen LogP contribution in [0.3, 0.4) is 0 Å². The first-order chi connectivity index (χ1) is 5.75. The summed E-state index contributed by atoms with van der Waals surface area (Å²) in [6.45, 7) is 0.518. The summed E-state index contributed by atoms with van der Waals surface area (Å²) in [5.74, 6) is 0. The van der Waals surface area contributed by atoms with Gasteiger partial charge in [0, 0.05) is 17.1 Å². The second-order valence-corrected chi connectivity index (χ2v) is 3.00. The monoisotopic (exact) mass is 185 g/mol. The van der Waals surface area contributed by atoms with E-state index in [1.54, 1.807) is 13.1 Å². The third-order valence-corrected chi connectivity index (χ3v) is 2.01. The maximum absolute atomic E-state index is 9.55. The van der Waals surface area contributed by atoms with Crippen molar-refractivity contribution in [2.45, 2.75) is 6.10 Å². The minimum Gasteiger partial charge on any atom is -0.387 e. The second-order valence-electron chi connectivity index (χ2n) is 2.59. The van der Waals surface area contributed by atoms with E-state index >= 15 is 0 Å². The van der Waals surface area contributed by atoms with E-state index in [0.29, 0.717) is 11.6 Å². The lowest BCUT2D eigenvalue weighted by Gasteiger charge is -2.11. The van der Waals surface area contributed by atoms with E-state index in [1.807, 2.05) is 18.2 Å². The van der Waals surface area contributed by atoms with Crippen LogP contribution in [-0.2, 0) is 0 Å². The zero-order valence-corrected chi connectivity index (χ0v) is 7.67. The van der Waals surface area contributed by atoms with Crippen molar-refractivity contribution in [3.8, 4) is 0 Å². The van der Waals surface area contributed by atoms with Crippen molar-refractivity contribution in [3.05, 3.63) is 34.9 Å². The molecule has 0 fully saturated rings. The van der Waals surface area contributed by atoms with Crippen LogP contribution in [0.5, 0.6) is 0 Å². The molecule has 2 nitrogen and oxygen atoms in total. The van der Waals surface area contributed by atoms with Gasteiger partial charge in [-0.3, -0.25) is 0 Å². The van der Waals surface area contributed by atoms with Crippen molar-refractivity contribution in [2.24, 2.45) is 0 Å². The van der Waals surface area contributed by atoms with Gasteiger partial charge in [0.25, 0.3) is 0 Å². The van der Waals surface area contributed by atoms with Gasteiger partial charge in [-0.25, -0.2) is 0 Å².